The molecule has 0 unspecified atom stereocenters. The molecule has 0 aliphatic rings. The van der Waals surface area contributed by atoms with Gasteiger partial charge in [0, 0.05) is 29.7 Å². The summed E-state index contributed by atoms with van der Waals surface area (Å²) in [5.41, 5.74) is 9.14. The van der Waals surface area contributed by atoms with Crippen molar-refractivity contribution in [2.45, 2.75) is 6.92 Å². The highest BCUT2D eigenvalue weighted by atomic mass is 15.0. The summed E-state index contributed by atoms with van der Waals surface area (Å²) in [7, 11) is 0. The maximum Gasteiger partial charge on any atom is 0.180 e. The normalized spacial score (nSPS) is 10.4. The molecule has 3 rings (SSSR count). The van der Waals surface area contributed by atoms with E-state index < -0.39 is 0 Å². The molecule has 5 heteroatoms. The SMILES string of the molecule is Cc1cccc(-c2nc(N)cc(-c3cccnc3)n2)n1. The fraction of sp³-hybridized carbons (Fsp3) is 0.0667. The first-order valence-corrected chi connectivity index (χ1v) is 6.21. The highest BCUT2D eigenvalue weighted by Gasteiger charge is 2.08. The molecule has 0 amide bonds. The summed E-state index contributed by atoms with van der Waals surface area (Å²) in [6.07, 6.45) is 3.46. The first-order valence-electron chi connectivity index (χ1n) is 6.21. The standard InChI is InChI=1S/C15H13N5/c1-10-4-2-6-12(18-10)15-19-13(8-14(16)20-15)11-5-3-7-17-9-11/h2-9H,1H3,(H2,16,19,20). The average Bonchev–Trinajstić information content (AvgIpc) is 2.47. The topological polar surface area (TPSA) is 77.6 Å². The molecular formula is C15H13N5. The van der Waals surface area contributed by atoms with E-state index >= 15 is 0 Å². The lowest BCUT2D eigenvalue weighted by Gasteiger charge is -2.06. The van der Waals surface area contributed by atoms with Crippen molar-refractivity contribution in [3.05, 3.63) is 54.5 Å². The maximum atomic E-state index is 5.87. The fourth-order valence-corrected chi connectivity index (χ4v) is 1.91. The van der Waals surface area contributed by atoms with Crippen LogP contribution in [-0.2, 0) is 0 Å². The van der Waals surface area contributed by atoms with Crippen molar-refractivity contribution in [3.63, 3.8) is 0 Å². The number of hydrogen-bond acceptors (Lipinski definition) is 5. The largest absolute Gasteiger partial charge is 0.384 e. The van der Waals surface area contributed by atoms with Crippen LogP contribution in [0.1, 0.15) is 5.69 Å². The molecule has 0 aliphatic carbocycles. The number of nitrogens with zero attached hydrogens (tertiary/aromatic N) is 4. The summed E-state index contributed by atoms with van der Waals surface area (Å²) in [6.45, 7) is 1.93. The monoisotopic (exact) mass is 263 g/mol. The van der Waals surface area contributed by atoms with Crippen molar-refractivity contribution in [1.82, 2.24) is 19.9 Å². The van der Waals surface area contributed by atoms with Gasteiger partial charge in [-0.3, -0.25) is 4.98 Å². The Labute approximate surface area is 116 Å². The highest BCUT2D eigenvalue weighted by Crippen LogP contribution is 2.21. The number of rotatable bonds is 2. The summed E-state index contributed by atoms with van der Waals surface area (Å²) < 4.78 is 0. The van der Waals surface area contributed by atoms with Gasteiger partial charge < -0.3 is 5.73 Å². The highest BCUT2D eigenvalue weighted by molar-refractivity contribution is 5.64. The zero-order valence-corrected chi connectivity index (χ0v) is 11.0. The van der Waals surface area contributed by atoms with Gasteiger partial charge in [0.05, 0.1) is 5.69 Å². The van der Waals surface area contributed by atoms with E-state index in [0.29, 0.717) is 17.3 Å². The number of nitrogen functional groups attached to an aromatic ring is 1. The summed E-state index contributed by atoms with van der Waals surface area (Å²) >= 11 is 0. The molecule has 3 aromatic rings. The van der Waals surface area contributed by atoms with E-state index in [-0.39, 0.29) is 0 Å². The van der Waals surface area contributed by atoms with E-state index in [4.69, 9.17) is 5.73 Å². The Morgan fingerprint density at radius 2 is 1.85 bits per heavy atom. The summed E-state index contributed by atoms with van der Waals surface area (Å²) in [5, 5.41) is 0. The fourth-order valence-electron chi connectivity index (χ4n) is 1.91. The number of nitrogens with two attached hydrogens (primary N) is 1. The quantitative estimate of drug-likeness (QED) is 0.768. The first-order chi connectivity index (χ1) is 9.72. The van der Waals surface area contributed by atoms with E-state index in [9.17, 15) is 0 Å². The Kier molecular flexibility index (Phi) is 3.09. The third-order valence-corrected chi connectivity index (χ3v) is 2.82. The first kappa shape index (κ1) is 12.2. The third-order valence-electron chi connectivity index (χ3n) is 2.82. The Bertz CT molecular complexity index is 740. The minimum absolute atomic E-state index is 0.414. The third kappa shape index (κ3) is 2.47. The minimum Gasteiger partial charge on any atom is -0.384 e. The van der Waals surface area contributed by atoms with Gasteiger partial charge in [-0.05, 0) is 31.2 Å². The lowest BCUT2D eigenvalue weighted by molar-refractivity contribution is 1.12. The van der Waals surface area contributed by atoms with Gasteiger partial charge in [0.15, 0.2) is 5.82 Å². The Morgan fingerprint density at radius 1 is 0.950 bits per heavy atom. The molecule has 0 atom stereocenters. The zero-order valence-electron chi connectivity index (χ0n) is 11.0. The molecule has 0 radical (unpaired) electrons. The summed E-state index contributed by atoms with van der Waals surface area (Å²) in [5.74, 6) is 0.935. The molecule has 3 heterocycles. The van der Waals surface area contributed by atoms with Gasteiger partial charge in [-0.15, -0.1) is 0 Å². The molecule has 0 bridgehead atoms. The Morgan fingerprint density at radius 3 is 2.60 bits per heavy atom. The predicted molar refractivity (Wildman–Crippen MR) is 77.6 cm³/mol. The molecule has 0 aliphatic heterocycles. The van der Waals surface area contributed by atoms with Crippen LogP contribution in [0, 0.1) is 6.92 Å². The van der Waals surface area contributed by atoms with Crippen LogP contribution >= 0.6 is 0 Å². The molecule has 0 saturated heterocycles. The van der Waals surface area contributed by atoms with Gasteiger partial charge in [0.25, 0.3) is 0 Å². The number of hydrogen-bond donors (Lipinski definition) is 1. The molecule has 98 valence electrons. The summed E-state index contributed by atoms with van der Waals surface area (Å²) in [6, 6.07) is 11.2. The number of aromatic nitrogens is 4. The average molecular weight is 263 g/mol. The van der Waals surface area contributed by atoms with E-state index in [2.05, 4.69) is 19.9 Å². The van der Waals surface area contributed by atoms with Crippen LogP contribution < -0.4 is 5.73 Å². The van der Waals surface area contributed by atoms with Gasteiger partial charge in [-0.2, -0.15) is 0 Å². The van der Waals surface area contributed by atoms with E-state index in [0.717, 1.165) is 17.0 Å². The number of pyridine rings is 2. The van der Waals surface area contributed by atoms with Crippen molar-refractivity contribution in [2.75, 3.05) is 5.73 Å². The predicted octanol–water partition coefficient (Wildman–Crippen LogP) is 2.49. The molecular weight excluding hydrogens is 250 g/mol. The van der Waals surface area contributed by atoms with Crippen LogP contribution in [-0.4, -0.2) is 19.9 Å². The van der Waals surface area contributed by atoms with Crippen molar-refractivity contribution in [1.29, 1.82) is 0 Å². The Hall–Kier alpha value is -2.82. The van der Waals surface area contributed by atoms with Crippen molar-refractivity contribution < 1.29 is 0 Å². The zero-order chi connectivity index (χ0) is 13.9. The van der Waals surface area contributed by atoms with Crippen LogP contribution in [0.25, 0.3) is 22.8 Å². The van der Waals surface area contributed by atoms with E-state index in [1.807, 2.05) is 37.3 Å². The molecule has 0 aromatic carbocycles. The van der Waals surface area contributed by atoms with Crippen LogP contribution in [0.2, 0.25) is 0 Å². The smallest absolute Gasteiger partial charge is 0.180 e. The second-order valence-corrected chi connectivity index (χ2v) is 4.41. The molecule has 5 nitrogen and oxygen atoms in total. The van der Waals surface area contributed by atoms with Crippen molar-refractivity contribution in [3.8, 4) is 22.8 Å². The van der Waals surface area contributed by atoms with Gasteiger partial charge in [-0.1, -0.05) is 6.07 Å². The van der Waals surface area contributed by atoms with Gasteiger partial charge in [0.1, 0.15) is 11.5 Å². The van der Waals surface area contributed by atoms with Crippen LogP contribution in [0.4, 0.5) is 5.82 Å². The molecule has 0 saturated carbocycles. The number of anilines is 1. The second kappa shape index (κ2) is 5.05. The second-order valence-electron chi connectivity index (χ2n) is 4.41. The van der Waals surface area contributed by atoms with E-state index in [1.54, 1.807) is 18.5 Å². The minimum atomic E-state index is 0.414. The van der Waals surface area contributed by atoms with Gasteiger partial charge in [-0.25, -0.2) is 15.0 Å². The molecule has 2 N–H and O–H groups in total. The molecule has 0 fully saturated rings. The van der Waals surface area contributed by atoms with Crippen LogP contribution in [0.15, 0.2) is 48.8 Å². The molecule has 0 spiro atoms. The van der Waals surface area contributed by atoms with Crippen molar-refractivity contribution >= 4 is 5.82 Å². The van der Waals surface area contributed by atoms with Gasteiger partial charge in [0.2, 0.25) is 0 Å². The summed E-state index contributed by atoms with van der Waals surface area (Å²) in [4.78, 5) is 17.3. The number of aryl methyl sites for hydroxylation is 1. The lowest BCUT2D eigenvalue weighted by Crippen LogP contribution is -1.99. The van der Waals surface area contributed by atoms with Crippen molar-refractivity contribution in [2.24, 2.45) is 0 Å². The molecule has 20 heavy (non-hydrogen) atoms. The maximum absolute atomic E-state index is 5.87. The Balaban J connectivity index is 2.12. The lowest BCUT2D eigenvalue weighted by atomic mass is 10.2. The van der Waals surface area contributed by atoms with Crippen LogP contribution in [0.3, 0.4) is 0 Å². The van der Waals surface area contributed by atoms with Crippen LogP contribution in [0.5, 0.6) is 0 Å². The molecule has 3 aromatic heterocycles. The van der Waals surface area contributed by atoms with E-state index in [1.165, 1.54) is 0 Å². The van der Waals surface area contributed by atoms with Gasteiger partial charge >= 0.3 is 0 Å².